The minimum absolute atomic E-state index is 0.138. The minimum Gasteiger partial charge on any atom is -0.343 e. The molecule has 2 aliphatic rings. The van der Waals surface area contributed by atoms with Crippen LogP contribution in [-0.4, -0.2) is 59.5 Å². The maximum atomic E-state index is 12.7. The standard InChI is InChI=1S/C13H18ClN5O/c14-10-8-16-9-17-12(10)19-5-1-2-11(19)13(20)18-6-3-15-4-7-18/h8-9,11,15H,1-7H2. The number of carbonyl (C=O) groups is 1. The normalized spacial score (nSPS) is 23.1. The summed E-state index contributed by atoms with van der Waals surface area (Å²) in [4.78, 5) is 24.8. The van der Waals surface area contributed by atoms with Gasteiger partial charge in [-0.3, -0.25) is 4.79 Å². The van der Waals surface area contributed by atoms with Crippen molar-refractivity contribution in [3.63, 3.8) is 0 Å². The van der Waals surface area contributed by atoms with Crippen molar-refractivity contribution in [3.05, 3.63) is 17.5 Å². The van der Waals surface area contributed by atoms with Crippen molar-refractivity contribution in [3.8, 4) is 0 Å². The highest BCUT2D eigenvalue weighted by Gasteiger charge is 2.35. The Bertz CT molecular complexity index is 491. The number of nitrogens with one attached hydrogen (secondary N) is 1. The van der Waals surface area contributed by atoms with Crippen molar-refractivity contribution in [1.29, 1.82) is 0 Å². The molecule has 1 unspecified atom stereocenters. The molecular formula is C13H18ClN5O. The van der Waals surface area contributed by atoms with E-state index < -0.39 is 0 Å². The number of hydrogen-bond acceptors (Lipinski definition) is 5. The fourth-order valence-corrected chi connectivity index (χ4v) is 3.10. The van der Waals surface area contributed by atoms with Crippen LogP contribution in [0.2, 0.25) is 5.02 Å². The van der Waals surface area contributed by atoms with Crippen molar-refractivity contribution in [2.24, 2.45) is 0 Å². The largest absolute Gasteiger partial charge is 0.343 e. The van der Waals surface area contributed by atoms with Crippen molar-refractivity contribution in [1.82, 2.24) is 20.2 Å². The average Bonchev–Trinajstić information content (AvgIpc) is 2.97. The van der Waals surface area contributed by atoms with Gasteiger partial charge in [-0.1, -0.05) is 11.6 Å². The van der Waals surface area contributed by atoms with Crippen LogP contribution in [0, 0.1) is 0 Å². The van der Waals surface area contributed by atoms with Gasteiger partial charge in [-0.05, 0) is 12.8 Å². The van der Waals surface area contributed by atoms with Gasteiger partial charge in [0.05, 0.1) is 6.20 Å². The maximum Gasteiger partial charge on any atom is 0.245 e. The first-order valence-corrected chi connectivity index (χ1v) is 7.37. The summed E-state index contributed by atoms with van der Waals surface area (Å²) in [6, 6.07) is -0.138. The predicted octanol–water partition coefficient (Wildman–Crippen LogP) is 0.531. The second-order valence-electron chi connectivity index (χ2n) is 5.12. The molecule has 20 heavy (non-hydrogen) atoms. The summed E-state index contributed by atoms with van der Waals surface area (Å²) >= 11 is 6.16. The molecule has 6 nitrogen and oxygen atoms in total. The Kier molecular flexibility index (Phi) is 4.03. The molecule has 1 atom stereocenters. The Morgan fingerprint density at radius 3 is 2.90 bits per heavy atom. The molecule has 108 valence electrons. The zero-order valence-electron chi connectivity index (χ0n) is 11.3. The molecule has 0 spiro atoms. The lowest BCUT2D eigenvalue weighted by Gasteiger charge is -2.33. The molecule has 0 radical (unpaired) electrons. The smallest absolute Gasteiger partial charge is 0.245 e. The van der Waals surface area contributed by atoms with Crippen LogP contribution < -0.4 is 10.2 Å². The molecule has 0 aromatic carbocycles. The molecule has 1 aromatic heterocycles. The summed E-state index contributed by atoms with van der Waals surface area (Å²) in [5.74, 6) is 0.867. The zero-order valence-corrected chi connectivity index (χ0v) is 12.0. The molecule has 3 heterocycles. The molecule has 1 amide bonds. The molecule has 1 aromatic rings. The topological polar surface area (TPSA) is 61.4 Å². The monoisotopic (exact) mass is 295 g/mol. The number of halogens is 1. The van der Waals surface area contributed by atoms with E-state index in [0.717, 1.165) is 45.6 Å². The van der Waals surface area contributed by atoms with Gasteiger partial charge in [0.2, 0.25) is 5.91 Å². The molecule has 0 bridgehead atoms. The first-order chi connectivity index (χ1) is 9.77. The quantitative estimate of drug-likeness (QED) is 0.862. The highest BCUT2D eigenvalue weighted by molar-refractivity contribution is 6.32. The van der Waals surface area contributed by atoms with E-state index in [4.69, 9.17) is 11.6 Å². The first kappa shape index (κ1) is 13.6. The van der Waals surface area contributed by atoms with Crippen LogP contribution in [0.25, 0.3) is 0 Å². The van der Waals surface area contributed by atoms with E-state index in [2.05, 4.69) is 15.3 Å². The molecule has 2 fully saturated rings. The maximum absolute atomic E-state index is 12.7. The van der Waals surface area contributed by atoms with E-state index in [0.29, 0.717) is 10.8 Å². The number of anilines is 1. The number of amides is 1. The van der Waals surface area contributed by atoms with E-state index in [9.17, 15) is 4.79 Å². The van der Waals surface area contributed by atoms with Crippen molar-refractivity contribution in [2.45, 2.75) is 18.9 Å². The Hall–Kier alpha value is -1.40. The van der Waals surface area contributed by atoms with Gasteiger partial charge in [0, 0.05) is 32.7 Å². The van der Waals surface area contributed by atoms with Gasteiger partial charge in [-0.15, -0.1) is 0 Å². The number of aromatic nitrogens is 2. The van der Waals surface area contributed by atoms with Crippen LogP contribution in [-0.2, 0) is 4.79 Å². The molecule has 7 heteroatoms. The van der Waals surface area contributed by atoms with Crippen molar-refractivity contribution >= 4 is 23.3 Å². The summed E-state index contributed by atoms with van der Waals surface area (Å²) in [6.45, 7) is 4.11. The minimum atomic E-state index is -0.138. The third-order valence-electron chi connectivity index (χ3n) is 3.89. The fraction of sp³-hybridized carbons (Fsp3) is 0.615. The number of carbonyl (C=O) groups excluding carboxylic acids is 1. The SMILES string of the molecule is O=C(C1CCCN1c1ncncc1Cl)N1CCNCC1. The van der Waals surface area contributed by atoms with Crippen LogP contribution in [0.5, 0.6) is 0 Å². The Morgan fingerprint density at radius 2 is 2.15 bits per heavy atom. The van der Waals surface area contributed by atoms with Crippen LogP contribution in [0.15, 0.2) is 12.5 Å². The second kappa shape index (κ2) is 5.93. The molecule has 3 rings (SSSR count). The number of hydrogen-bond donors (Lipinski definition) is 1. The lowest BCUT2D eigenvalue weighted by atomic mass is 10.1. The van der Waals surface area contributed by atoms with Gasteiger partial charge in [-0.25, -0.2) is 9.97 Å². The molecule has 0 saturated carbocycles. The zero-order chi connectivity index (χ0) is 13.9. The lowest BCUT2D eigenvalue weighted by Crippen LogP contribution is -2.52. The van der Waals surface area contributed by atoms with Crippen LogP contribution in [0.3, 0.4) is 0 Å². The number of rotatable bonds is 2. The summed E-state index contributed by atoms with van der Waals surface area (Å²) in [6.07, 6.45) is 4.91. The Balaban J connectivity index is 1.78. The Labute approximate surface area is 123 Å². The number of nitrogens with zero attached hydrogens (tertiary/aromatic N) is 4. The second-order valence-corrected chi connectivity index (χ2v) is 5.53. The van der Waals surface area contributed by atoms with E-state index in [-0.39, 0.29) is 11.9 Å². The van der Waals surface area contributed by atoms with Gasteiger partial charge in [0.15, 0.2) is 5.82 Å². The van der Waals surface area contributed by atoms with E-state index in [1.54, 1.807) is 6.20 Å². The van der Waals surface area contributed by atoms with Gasteiger partial charge < -0.3 is 15.1 Å². The van der Waals surface area contributed by atoms with Crippen LogP contribution in [0.1, 0.15) is 12.8 Å². The van der Waals surface area contributed by atoms with Crippen LogP contribution >= 0.6 is 11.6 Å². The highest BCUT2D eigenvalue weighted by atomic mass is 35.5. The highest BCUT2D eigenvalue weighted by Crippen LogP contribution is 2.29. The van der Waals surface area contributed by atoms with Gasteiger partial charge in [-0.2, -0.15) is 0 Å². The average molecular weight is 296 g/mol. The molecule has 1 N–H and O–H groups in total. The first-order valence-electron chi connectivity index (χ1n) is 6.99. The Morgan fingerprint density at radius 1 is 1.35 bits per heavy atom. The fourth-order valence-electron chi connectivity index (χ4n) is 2.89. The number of piperazine rings is 1. The van der Waals surface area contributed by atoms with Gasteiger partial charge in [0.25, 0.3) is 0 Å². The van der Waals surface area contributed by atoms with Gasteiger partial charge in [0.1, 0.15) is 17.4 Å². The van der Waals surface area contributed by atoms with E-state index >= 15 is 0 Å². The lowest BCUT2D eigenvalue weighted by molar-refractivity contribution is -0.133. The third kappa shape index (κ3) is 2.58. The molecule has 2 aliphatic heterocycles. The summed E-state index contributed by atoms with van der Waals surface area (Å²) in [5, 5.41) is 3.77. The van der Waals surface area contributed by atoms with Crippen molar-refractivity contribution < 1.29 is 4.79 Å². The van der Waals surface area contributed by atoms with Crippen LogP contribution in [0.4, 0.5) is 5.82 Å². The molecule has 2 saturated heterocycles. The predicted molar refractivity (Wildman–Crippen MR) is 76.9 cm³/mol. The molecular weight excluding hydrogens is 278 g/mol. The summed E-state index contributed by atoms with van der Waals surface area (Å²) in [7, 11) is 0. The van der Waals surface area contributed by atoms with Gasteiger partial charge >= 0.3 is 0 Å². The van der Waals surface area contributed by atoms with E-state index in [1.807, 2.05) is 9.80 Å². The summed E-state index contributed by atoms with van der Waals surface area (Å²) < 4.78 is 0. The third-order valence-corrected chi connectivity index (χ3v) is 4.15. The van der Waals surface area contributed by atoms with E-state index in [1.165, 1.54) is 6.33 Å². The van der Waals surface area contributed by atoms with Crippen molar-refractivity contribution in [2.75, 3.05) is 37.6 Å². The summed E-state index contributed by atoms with van der Waals surface area (Å²) in [5.41, 5.74) is 0. The molecule has 0 aliphatic carbocycles.